The van der Waals surface area contributed by atoms with E-state index in [1.807, 2.05) is 23.5 Å². The molecule has 0 radical (unpaired) electrons. The van der Waals surface area contributed by atoms with Crippen molar-refractivity contribution < 1.29 is 9.47 Å². The molecule has 4 nitrogen and oxygen atoms in total. The van der Waals surface area contributed by atoms with Gasteiger partial charge in [-0.05, 0) is 210 Å². The smallest absolute Gasteiger partial charge is 0.0714 e. The van der Waals surface area contributed by atoms with Crippen LogP contribution in [-0.2, 0) is 31.1 Å². The Morgan fingerprint density at radius 2 is 0.610 bits per heavy atom. The van der Waals surface area contributed by atoms with Crippen molar-refractivity contribution in [1.29, 1.82) is 0 Å². The average molecular weight is 1340 g/mol. The van der Waals surface area contributed by atoms with Gasteiger partial charge in [0.15, 0.2) is 0 Å². The molecule has 6 heteroatoms. The number of hydrogen-bond donors (Lipinski definition) is 0. The monoisotopic (exact) mass is 1340 g/mol. The van der Waals surface area contributed by atoms with Crippen molar-refractivity contribution in [1.82, 2.24) is 0 Å². The van der Waals surface area contributed by atoms with Crippen molar-refractivity contribution in [2.45, 2.75) is 99.7 Å². The van der Waals surface area contributed by atoms with Crippen LogP contribution in [0, 0.1) is 10.8 Å². The fourth-order valence-corrected chi connectivity index (χ4v) is 18.5. The van der Waals surface area contributed by atoms with Gasteiger partial charge in [-0.15, -0.1) is 23.5 Å². The summed E-state index contributed by atoms with van der Waals surface area (Å²) in [6, 6.07) is 111. The zero-order valence-electron chi connectivity index (χ0n) is 58.9. The number of nitrogens with zero attached hydrogens (tertiary/aromatic N) is 2. The van der Waals surface area contributed by atoms with E-state index in [2.05, 4.69) is 356 Å². The fraction of sp³-hybridized carbons (Fsp3) is 0.234. The van der Waals surface area contributed by atoms with E-state index in [0.29, 0.717) is 0 Å². The lowest BCUT2D eigenvalue weighted by molar-refractivity contribution is -0.0994. The third kappa shape index (κ3) is 11.4. The van der Waals surface area contributed by atoms with Gasteiger partial charge in [0.05, 0.1) is 37.3 Å². The Balaban J connectivity index is 0.759. The quantitative estimate of drug-likeness (QED) is 0.0749. The van der Waals surface area contributed by atoms with Crippen LogP contribution in [0.3, 0.4) is 0 Å². The third-order valence-electron chi connectivity index (χ3n) is 22.4. The number of thioether (sulfide) groups is 2. The highest BCUT2D eigenvalue weighted by atomic mass is 32.2. The number of benzene rings is 12. The standard InChI is InChI=1S/C94H88N2O2S2/c1-9-91(59-97-60-91)63-99-79-51-41-71(42-52-79)93(69-37-33-67(34-38-69)89(3,4)5)85-27-19-17-25-81(85)83-55-49-77(57-87(83)93)95(73-21-13-11-14-22-73)75-45-29-65(30-46-75)66-31-47-76(48-32-66)96(74-23-15-12-16-24-74)78-50-56-84-82-26-18-20-28-86(82)94(88(84)58-78,70-39-35-68(36-40-70)90(6,7)8)72-43-53-80(54-44-72)100-64-92(10-2)61-98-62-92/h11-58H,9-10,59-64H2,1-8H3/t93-,94?/m0/s1. The third-order valence-corrected chi connectivity index (χ3v) is 25.1. The van der Waals surface area contributed by atoms with E-state index in [9.17, 15) is 0 Å². The summed E-state index contributed by atoms with van der Waals surface area (Å²) in [5.41, 5.74) is 26.2. The maximum absolute atomic E-state index is 5.74. The Bertz CT molecular complexity index is 4590. The molecule has 2 aliphatic heterocycles. The highest BCUT2D eigenvalue weighted by Crippen LogP contribution is 2.60. The van der Waals surface area contributed by atoms with Gasteiger partial charge in [-0.3, -0.25) is 0 Å². The van der Waals surface area contributed by atoms with Crippen LogP contribution in [0.25, 0.3) is 33.4 Å². The number of hydrogen-bond acceptors (Lipinski definition) is 6. The molecule has 0 N–H and O–H groups in total. The summed E-state index contributed by atoms with van der Waals surface area (Å²) < 4.78 is 11.5. The highest BCUT2D eigenvalue weighted by Gasteiger charge is 2.49. The maximum atomic E-state index is 5.74. The summed E-state index contributed by atoms with van der Waals surface area (Å²) >= 11 is 3.93. The molecule has 12 aromatic carbocycles. The maximum Gasteiger partial charge on any atom is 0.0714 e. The molecular formula is C94H88N2O2S2. The number of ether oxygens (including phenoxy) is 2. The predicted molar refractivity (Wildman–Crippen MR) is 422 cm³/mol. The minimum atomic E-state index is -0.589. The van der Waals surface area contributed by atoms with Gasteiger partial charge in [0.2, 0.25) is 0 Å². The van der Waals surface area contributed by atoms with Crippen molar-refractivity contribution in [2.24, 2.45) is 10.8 Å². The Hall–Kier alpha value is -9.14. The molecule has 16 rings (SSSR count). The summed E-state index contributed by atoms with van der Waals surface area (Å²) in [7, 11) is 0. The number of rotatable bonds is 19. The zero-order chi connectivity index (χ0) is 68.4. The van der Waals surface area contributed by atoms with Crippen molar-refractivity contribution in [3.63, 3.8) is 0 Å². The van der Waals surface area contributed by atoms with Crippen molar-refractivity contribution in [2.75, 3.05) is 47.7 Å². The molecule has 12 aromatic rings. The molecule has 2 saturated heterocycles. The predicted octanol–water partition coefficient (Wildman–Crippen LogP) is 24.7. The summed E-state index contributed by atoms with van der Waals surface area (Å²) in [5.74, 6) is 2.12. The summed E-state index contributed by atoms with van der Waals surface area (Å²) in [5, 5.41) is 0. The topological polar surface area (TPSA) is 24.9 Å². The lowest BCUT2D eigenvalue weighted by atomic mass is 9.67. The lowest BCUT2D eigenvalue weighted by Crippen LogP contribution is -2.44. The summed E-state index contributed by atoms with van der Waals surface area (Å²) in [4.78, 5) is 7.45. The molecule has 0 bridgehead atoms. The molecule has 2 heterocycles. The molecule has 100 heavy (non-hydrogen) atoms. The Kier molecular flexibility index (Phi) is 17.1. The van der Waals surface area contributed by atoms with Gasteiger partial charge in [0.1, 0.15) is 0 Å². The molecule has 2 aliphatic carbocycles. The van der Waals surface area contributed by atoms with Crippen LogP contribution in [0.2, 0.25) is 0 Å². The van der Waals surface area contributed by atoms with Gasteiger partial charge in [0, 0.05) is 66.3 Å². The first-order valence-corrected chi connectivity index (χ1v) is 37.8. The first-order valence-electron chi connectivity index (χ1n) is 35.9. The largest absolute Gasteiger partial charge is 0.380 e. The van der Waals surface area contributed by atoms with Gasteiger partial charge >= 0.3 is 0 Å². The van der Waals surface area contributed by atoms with Crippen LogP contribution in [-0.4, -0.2) is 37.9 Å². The molecule has 0 aromatic heterocycles. The fourth-order valence-electron chi connectivity index (χ4n) is 16.1. The molecule has 1 unspecified atom stereocenters. The van der Waals surface area contributed by atoms with Crippen molar-refractivity contribution in [3.05, 3.63) is 347 Å². The SMILES string of the molecule is CCC1(CSc2ccc(C3(c4ccc(C(C)(C)C)cc4)c4ccccc4-c4ccc(N(c5ccccc5)c5ccc(-c6ccc(N(c7ccccc7)c7ccc8c(c7)[C@](c7ccc(SCC9(CC)COC9)cc7)(c7ccc(C(C)(C)C)cc7)c7ccccc7-8)cc6)cc5)cc43)cc2)COC1. The Labute approximate surface area is 601 Å². The van der Waals surface area contributed by atoms with Gasteiger partial charge in [-0.2, -0.15) is 0 Å². The second kappa shape index (κ2) is 26.1. The number of para-hydroxylation sites is 2. The van der Waals surface area contributed by atoms with E-state index >= 15 is 0 Å². The van der Waals surface area contributed by atoms with Crippen molar-refractivity contribution in [3.8, 4) is 33.4 Å². The van der Waals surface area contributed by atoms with Crippen LogP contribution in [0.1, 0.15) is 124 Å². The number of anilines is 6. The molecule has 0 spiro atoms. The molecule has 2 atom stereocenters. The average Bonchev–Trinajstić information content (AvgIpc) is 1.52. The molecular weight excluding hydrogens is 1250 g/mol. The molecule has 0 saturated carbocycles. The Morgan fingerprint density at radius 1 is 0.310 bits per heavy atom. The first-order chi connectivity index (χ1) is 48.6. The lowest BCUT2D eigenvalue weighted by Gasteiger charge is -2.40. The van der Waals surface area contributed by atoms with Crippen LogP contribution in [0.15, 0.2) is 301 Å². The van der Waals surface area contributed by atoms with Crippen LogP contribution < -0.4 is 9.80 Å². The van der Waals surface area contributed by atoms with Crippen LogP contribution >= 0.6 is 23.5 Å². The van der Waals surface area contributed by atoms with Crippen LogP contribution in [0.5, 0.6) is 0 Å². The molecule has 4 aliphatic rings. The summed E-state index contributed by atoms with van der Waals surface area (Å²) in [6.45, 7) is 21.8. The minimum absolute atomic E-state index is 0.00941. The molecule has 498 valence electrons. The Morgan fingerprint density at radius 3 is 0.930 bits per heavy atom. The van der Waals surface area contributed by atoms with Gasteiger partial charge in [0.25, 0.3) is 0 Å². The van der Waals surface area contributed by atoms with E-state index in [1.165, 1.54) is 87.7 Å². The first kappa shape index (κ1) is 65.5. The zero-order valence-corrected chi connectivity index (χ0v) is 60.5. The van der Waals surface area contributed by atoms with E-state index < -0.39 is 10.8 Å². The van der Waals surface area contributed by atoms with Gasteiger partial charge in [-0.1, -0.05) is 250 Å². The molecule has 0 amide bonds. The summed E-state index contributed by atoms with van der Waals surface area (Å²) in [6.07, 6.45) is 2.26. The van der Waals surface area contributed by atoms with E-state index in [1.54, 1.807) is 0 Å². The van der Waals surface area contributed by atoms with Crippen LogP contribution in [0.4, 0.5) is 34.1 Å². The second-order valence-corrected chi connectivity index (χ2v) is 32.6. The van der Waals surface area contributed by atoms with Gasteiger partial charge < -0.3 is 19.3 Å². The molecule has 2 fully saturated rings. The second-order valence-electron chi connectivity index (χ2n) is 30.5. The van der Waals surface area contributed by atoms with E-state index in [4.69, 9.17) is 9.47 Å². The van der Waals surface area contributed by atoms with Crippen molar-refractivity contribution >= 4 is 57.6 Å². The normalized spacial score (nSPS) is 17.6. The van der Waals surface area contributed by atoms with Gasteiger partial charge in [-0.25, -0.2) is 0 Å². The highest BCUT2D eigenvalue weighted by molar-refractivity contribution is 7.99. The van der Waals surface area contributed by atoms with E-state index in [0.717, 1.165) is 96.0 Å². The number of fused-ring (bicyclic) bond motifs is 6. The minimum Gasteiger partial charge on any atom is -0.380 e. The van der Waals surface area contributed by atoms with E-state index in [-0.39, 0.29) is 21.7 Å².